The zero-order valence-electron chi connectivity index (χ0n) is 13.0. The van der Waals surface area contributed by atoms with E-state index in [1.165, 1.54) is 10.5 Å². The highest BCUT2D eigenvalue weighted by Crippen LogP contribution is 2.31. The number of fused-ring (bicyclic) bond motifs is 1. The van der Waals surface area contributed by atoms with Gasteiger partial charge in [-0.25, -0.2) is 0 Å². The fraction of sp³-hybridized carbons (Fsp3) is 0.500. The maximum absolute atomic E-state index is 12.8. The van der Waals surface area contributed by atoms with E-state index in [1.807, 2.05) is 13.8 Å². The summed E-state index contributed by atoms with van der Waals surface area (Å²) in [6.45, 7) is 6.62. The second kappa shape index (κ2) is 6.77. The number of halogens is 3. The molecule has 2 aromatic rings. The van der Waals surface area contributed by atoms with E-state index >= 15 is 0 Å². The Hall–Kier alpha value is -1.77. The number of carbonyl (C=O) groups is 1. The molecule has 9 heteroatoms. The molecule has 23 heavy (non-hydrogen) atoms. The highest BCUT2D eigenvalue weighted by atomic mass is 32.2. The third kappa shape index (κ3) is 3.77. The minimum Gasteiger partial charge on any atom is -0.342 e. The summed E-state index contributed by atoms with van der Waals surface area (Å²) in [5, 5.41) is 7.53. The van der Waals surface area contributed by atoms with E-state index in [4.69, 9.17) is 0 Å². The van der Waals surface area contributed by atoms with Crippen LogP contribution in [0.3, 0.4) is 0 Å². The number of carbonyl (C=O) groups excluding carboxylic acids is 1. The number of rotatable bonds is 5. The number of pyridine rings is 1. The van der Waals surface area contributed by atoms with Gasteiger partial charge < -0.3 is 4.90 Å². The quantitative estimate of drug-likeness (QED) is 0.781. The number of amides is 1. The van der Waals surface area contributed by atoms with E-state index in [2.05, 4.69) is 10.2 Å². The molecule has 0 spiro atoms. The average molecular weight is 346 g/mol. The van der Waals surface area contributed by atoms with Crippen LogP contribution in [0.2, 0.25) is 0 Å². The molecule has 0 N–H and O–H groups in total. The van der Waals surface area contributed by atoms with Gasteiger partial charge in [0.2, 0.25) is 5.91 Å². The Labute approximate surface area is 135 Å². The van der Waals surface area contributed by atoms with Crippen LogP contribution < -0.4 is 0 Å². The Kier molecular flexibility index (Phi) is 5.18. The smallest absolute Gasteiger partial charge is 0.342 e. The Morgan fingerprint density at radius 1 is 1.30 bits per heavy atom. The summed E-state index contributed by atoms with van der Waals surface area (Å²) in [5.41, 5.74) is -0.475. The summed E-state index contributed by atoms with van der Waals surface area (Å²) >= 11 is 1.10. The lowest BCUT2D eigenvalue weighted by molar-refractivity contribution is -0.138. The normalized spacial score (nSPS) is 13.3. The predicted octanol–water partition coefficient (Wildman–Crippen LogP) is 3.10. The number of hydrogen-bond donors (Lipinski definition) is 0. The molecule has 0 bridgehead atoms. The number of thioether (sulfide) groups is 1. The van der Waals surface area contributed by atoms with Crippen molar-refractivity contribution in [3.8, 4) is 0 Å². The molecule has 0 fully saturated rings. The lowest BCUT2D eigenvalue weighted by Gasteiger charge is -2.22. The predicted molar refractivity (Wildman–Crippen MR) is 81.2 cm³/mol. The number of alkyl halides is 3. The molecule has 0 aliphatic carbocycles. The molecule has 0 saturated carbocycles. The van der Waals surface area contributed by atoms with Gasteiger partial charge in [0, 0.05) is 19.3 Å². The minimum absolute atomic E-state index is 0.0799. The van der Waals surface area contributed by atoms with E-state index in [0.717, 1.165) is 24.0 Å². The topological polar surface area (TPSA) is 50.5 Å². The summed E-state index contributed by atoms with van der Waals surface area (Å²) in [6.07, 6.45) is -3.49. The molecule has 1 unspecified atom stereocenters. The molecule has 2 heterocycles. The van der Waals surface area contributed by atoms with Crippen LogP contribution in [0.1, 0.15) is 26.3 Å². The van der Waals surface area contributed by atoms with Gasteiger partial charge in [-0.05, 0) is 32.9 Å². The maximum atomic E-state index is 12.8. The summed E-state index contributed by atoms with van der Waals surface area (Å²) < 4.78 is 39.7. The third-order valence-corrected chi connectivity index (χ3v) is 4.45. The zero-order valence-corrected chi connectivity index (χ0v) is 13.8. The Morgan fingerprint density at radius 3 is 2.52 bits per heavy atom. The molecule has 2 aromatic heterocycles. The van der Waals surface area contributed by atoms with Crippen LogP contribution in [0.15, 0.2) is 23.5 Å². The van der Waals surface area contributed by atoms with Crippen LogP contribution in [-0.4, -0.2) is 43.7 Å². The van der Waals surface area contributed by atoms with Gasteiger partial charge in [0.1, 0.15) is 0 Å². The lowest BCUT2D eigenvalue weighted by Crippen LogP contribution is -2.36. The van der Waals surface area contributed by atoms with Crippen LogP contribution >= 0.6 is 11.8 Å². The van der Waals surface area contributed by atoms with Crippen molar-refractivity contribution in [1.29, 1.82) is 0 Å². The number of nitrogens with zero attached hydrogens (tertiary/aromatic N) is 4. The van der Waals surface area contributed by atoms with Gasteiger partial charge in [-0.15, -0.1) is 10.2 Å². The monoisotopic (exact) mass is 346 g/mol. The van der Waals surface area contributed by atoms with Crippen LogP contribution in [0.5, 0.6) is 0 Å². The van der Waals surface area contributed by atoms with Crippen LogP contribution in [-0.2, 0) is 11.0 Å². The first-order valence-corrected chi connectivity index (χ1v) is 8.03. The van der Waals surface area contributed by atoms with Crippen molar-refractivity contribution in [3.63, 3.8) is 0 Å². The zero-order chi connectivity index (χ0) is 17.2. The SMILES string of the molecule is CCN(CC)C(=O)C(C)Sc1nnc2ccc(C(F)(F)F)cn12. The molecular weight excluding hydrogens is 329 g/mol. The third-order valence-electron chi connectivity index (χ3n) is 3.40. The van der Waals surface area contributed by atoms with Crippen molar-refractivity contribution in [2.24, 2.45) is 0 Å². The maximum Gasteiger partial charge on any atom is 0.417 e. The van der Waals surface area contributed by atoms with Gasteiger partial charge in [0.25, 0.3) is 0 Å². The van der Waals surface area contributed by atoms with Gasteiger partial charge in [-0.3, -0.25) is 9.20 Å². The van der Waals surface area contributed by atoms with Crippen LogP contribution in [0.25, 0.3) is 5.65 Å². The lowest BCUT2D eigenvalue weighted by atomic mass is 10.3. The van der Waals surface area contributed by atoms with Crippen molar-refractivity contribution in [3.05, 3.63) is 23.9 Å². The fourth-order valence-electron chi connectivity index (χ4n) is 2.12. The summed E-state index contributed by atoms with van der Waals surface area (Å²) in [5.74, 6) is -0.0799. The van der Waals surface area contributed by atoms with Crippen molar-refractivity contribution < 1.29 is 18.0 Å². The van der Waals surface area contributed by atoms with Crippen molar-refractivity contribution in [1.82, 2.24) is 19.5 Å². The summed E-state index contributed by atoms with van der Waals surface area (Å²) in [4.78, 5) is 13.9. The largest absolute Gasteiger partial charge is 0.417 e. The first-order valence-electron chi connectivity index (χ1n) is 7.15. The number of aromatic nitrogens is 3. The summed E-state index contributed by atoms with van der Waals surface area (Å²) in [6, 6.07) is 2.22. The van der Waals surface area contributed by atoms with E-state index < -0.39 is 17.0 Å². The van der Waals surface area contributed by atoms with E-state index in [0.29, 0.717) is 18.7 Å². The van der Waals surface area contributed by atoms with Gasteiger partial charge in [0.05, 0.1) is 10.8 Å². The Balaban J connectivity index is 2.28. The van der Waals surface area contributed by atoms with Crippen LogP contribution in [0.4, 0.5) is 13.2 Å². The molecule has 0 radical (unpaired) electrons. The van der Waals surface area contributed by atoms with Crippen molar-refractivity contribution >= 4 is 23.3 Å². The van der Waals surface area contributed by atoms with E-state index in [9.17, 15) is 18.0 Å². The highest BCUT2D eigenvalue weighted by molar-refractivity contribution is 8.00. The fourth-order valence-corrected chi connectivity index (χ4v) is 3.03. The second-order valence-corrected chi connectivity index (χ2v) is 6.20. The Bertz CT molecular complexity index is 697. The molecule has 1 amide bonds. The molecule has 0 aromatic carbocycles. The highest BCUT2D eigenvalue weighted by Gasteiger charge is 2.31. The molecule has 126 valence electrons. The number of hydrogen-bond acceptors (Lipinski definition) is 4. The molecule has 2 rings (SSSR count). The van der Waals surface area contributed by atoms with Gasteiger partial charge in [0.15, 0.2) is 10.8 Å². The molecule has 0 aliphatic rings. The molecule has 0 saturated heterocycles. The van der Waals surface area contributed by atoms with Gasteiger partial charge >= 0.3 is 6.18 Å². The first kappa shape index (κ1) is 17.6. The first-order chi connectivity index (χ1) is 10.8. The average Bonchev–Trinajstić information content (AvgIpc) is 2.89. The minimum atomic E-state index is -4.44. The van der Waals surface area contributed by atoms with Gasteiger partial charge in [-0.1, -0.05) is 11.8 Å². The second-order valence-electron chi connectivity index (χ2n) is 4.90. The van der Waals surface area contributed by atoms with Crippen molar-refractivity contribution in [2.45, 2.75) is 37.4 Å². The molecule has 5 nitrogen and oxygen atoms in total. The molecule has 0 aliphatic heterocycles. The van der Waals surface area contributed by atoms with E-state index in [1.54, 1.807) is 11.8 Å². The molecular formula is C14H17F3N4OS. The summed E-state index contributed by atoms with van der Waals surface area (Å²) in [7, 11) is 0. The van der Waals surface area contributed by atoms with E-state index in [-0.39, 0.29) is 11.1 Å². The van der Waals surface area contributed by atoms with Crippen LogP contribution in [0, 0.1) is 0 Å². The van der Waals surface area contributed by atoms with Gasteiger partial charge in [-0.2, -0.15) is 13.2 Å². The standard InChI is InChI=1S/C14H17F3N4OS/c1-4-20(5-2)12(22)9(3)23-13-19-18-11-7-6-10(8-21(11)13)14(15,16)17/h6-9H,4-5H2,1-3H3. The van der Waals surface area contributed by atoms with Crippen molar-refractivity contribution in [2.75, 3.05) is 13.1 Å². The molecule has 1 atom stereocenters. The Morgan fingerprint density at radius 2 is 1.96 bits per heavy atom.